The molecule has 1 saturated heterocycles. The Labute approximate surface area is 200 Å². The summed E-state index contributed by atoms with van der Waals surface area (Å²) in [5.74, 6) is -0.655. The second-order valence-corrected chi connectivity index (χ2v) is 8.84. The molecule has 1 aromatic heterocycles. The van der Waals surface area contributed by atoms with Crippen LogP contribution in [0.1, 0.15) is 39.7 Å². The number of carbonyl (C=O) groups excluding carboxylic acids is 1. The van der Waals surface area contributed by atoms with Gasteiger partial charge in [-0.1, -0.05) is 18.2 Å². The van der Waals surface area contributed by atoms with E-state index in [-0.39, 0.29) is 11.6 Å². The first-order chi connectivity index (χ1) is 16.7. The first-order valence-electron chi connectivity index (χ1n) is 11.3. The standard InChI is InChI=1S/C26H24F3N3O3/c1-15-22(16-5-6-21-23(10-16)32-7-8-35-14-20(32)12-24(21)33)11-19(13-30-15)31-25(34)17-3-2-4-18(9-17)26(27,28)29/h2-6,9-11,13,20,24,33H,7-8,12,14H2,1H3,(H,31,34). The van der Waals surface area contributed by atoms with E-state index in [0.29, 0.717) is 25.3 Å². The van der Waals surface area contributed by atoms with E-state index in [1.165, 1.54) is 18.3 Å². The molecule has 2 aliphatic heterocycles. The molecular weight excluding hydrogens is 459 g/mol. The highest BCUT2D eigenvalue weighted by molar-refractivity contribution is 6.04. The number of hydrogen-bond acceptors (Lipinski definition) is 5. The average Bonchev–Trinajstić information content (AvgIpc) is 2.84. The molecule has 1 amide bonds. The van der Waals surface area contributed by atoms with Crippen molar-refractivity contribution in [1.29, 1.82) is 0 Å². The van der Waals surface area contributed by atoms with Crippen LogP contribution in [-0.2, 0) is 10.9 Å². The van der Waals surface area contributed by atoms with Crippen molar-refractivity contribution in [3.63, 3.8) is 0 Å². The van der Waals surface area contributed by atoms with E-state index in [9.17, 15) is 23.1 Å². The fraction of sp³-hybridized carbons (Fsp3) is 0.308. The number of halogens is 3. The van der Waals surface area contributed by atoms with Crippen LogP contribution in [0.3, 0.4) is 0 Å². The minimum absolute atomic E-state index is 0.0944. The van der Waals surface area contributed by atoms with Gasteiger partial charge in [0, 0.05) is 41.0 Å². The van der Waals surface area contributed by atoms with Crippen molar-refractivity contribution in [2.45, 2.75) is 31.7 Å². The molecule has 2 aromatic carbocycles. The molecule has 2 N–H and O–H groups in total. The zero-order valence-electron chi connectivity index (χ0n) is 19.0. The van der Waals surface area contributed by atoms with Gasteiger partial charge in [0.15, 0.2) is 0 Å². The lowest BCUT2D eigenvalue weighted by Gasteiger charge is -2.43. The Balaban J connectivity index is 1.44. The minimum atomic E-state index is -4.53. The van der Waals surface area contributed by atoms with Gasteiger partial charge in [-0.05, 0) is 42.8 Å². The van der Waals surface area contributed by atoms with E-state index in [0.717, 1.165) is 46.7 Å². The maximum absolute atomic E-state index is 13.0. The van der Waals surface area contributed by atoms with E-state index in [2.05, 4.69) is 15.2 Å². The molecular formula is C26H24F3N3O3. The molecule has 2 unspecified atom stereocenters. The van der Waals surface area contributed by atoms with Crippen LogP contribution in [0.15, 0.2) is 54.7 Å². The number of morpholine rings is 1. The molecule has 0 bridgehead atoms. The maximum Gasteiger partial charge on any atom is 0.416 e. The Morgan fingerprint density at radius 1 is 1.20 bits per heavy atom. The molecule has 3 heterocycles. The Morgan fingerprint density at radius 2 is 2.03 bits per heavy atom. The molecule has 1 fully saturated rings. The SMILES string of the molecule is Cc1ncc(NC(=O)c2cccc(C(F)(F)F)c2)cc1-c1ccc2c(c1)N1CCOCC1CC2O. The Kier molecular flexibility index (Phi) is 5.98. The van der Waals surface area contributed by atoms with Gasteiger partial charge in [0.2, 0.25) is 0 Å². The van der Waals surface area contributed by atoms with E-state index in [1.807, 2.05) is 25.1 Å². The number of ether oxygens (including phenoxy) is 1. The smallest absolute Gasteiger partial charge is 0.388 e. The normalized spacial score (nSPS) is 19.6. The Bertz CT molecular complexity index is 1280. The summed E-state index contributed by atoms with van der Waals surface area (Å²) in [7, 11) is 0. The van der Waals surface area contributed by atoms with Gasteiger partial charge in [0.05, 0.1) is 42.8 Å². The molecule has 0 radical (unpaired) electrons. The molecule has 0 aliphatic carbocycles. The molecule has 9 heteroatoms. The summed E-state index contributed by atoms with van der Waals surface area (Å²) in [6.45, 7) is 3.77. The number of nitrogens with zero attached hydrogens (tertiary/aromatic N) is 2. The number of anilines is 2. The molecule has 0 spiro atoms. The highest BCUT2D eigenvalue weighted by Crippen LogP contribution is 2.41. The van der Waals surface area contributed by atoms with Crippen LogP contribution in [0, 0.1) is 6.92 Å². The lowest BCUT2D eigenvalue weighted by molar-refractivity contribution is -0.137. The predicted molar refractivity (Wildman–Crippen MR) is 125 cm³/mol. The number of fused-ring (bicyclic) bond motifs is 3. The van der Waals surface area contributed by atoms with Crippen molar-refractivity contribution >= 4 is 17.3 Å². The summed E-state index contributed by atoms with van der Waals surface area (Å²) in [4.78, 5) is 19.3. The Hall–Kier alpha value is -3.43. The van der Waals surface area contributed by atoms with E-state index in [4.69, 9.17) is 4.74 Å². The fourth-order valence-corrected chi connectivity index (χ4v) is 4.73. The molecule has 182 valence electrons. The second kappa shape index (κ2) is 8.98. The van der Waals surface area contributed by atoms with Crippen LogP contribution in [0.25, 0.3) is 11.1 Å². The number of amides is 1. The van der Waals surface area contributed by atoms with Gasteiger partial charge < -0.3 is 20.1 Å². The van der Waals surface area contributed by atoms with Crippen molar-refractivity contribution in [2.24, 2.45) is 0 Å². The molecule has 35 heavy (non-hydrogen) atoms. The van der Waals surface area contributed by atoms with Crippen LogP contribution in [0.4, 0.5) is 24.5 Å². The van der Waals surface area contributed by atoms with Gasteiger partial charge in [0.25, 0.3) is 5.91 Å². The molecule has 2 atom stereocenters. The quantitative estimate of drug-likeness (QED) is 0.550. The number of aromatic nitrogens is 1. The molecule has 0 saturated carbocycles. The van der Waals surface area contributed by atoms with Gasteiger partial charge in [-0.15, -0.1) is 0 Å². The third kappa shape index (κ3) is 4.61. The van der Waals surface area contributed by atoms with E-state index in [1.54, 1.807) is 6.07 Å². The first kappa shape index (κ1) is 23.3. The second-order valence-electron chi connectivity index (χ2n) is 8.84. The minimum Gasteiger partial charge on any atom is -0.388 e. The van der Waals surface area contributed by atoms with Gasteiger partial charge in [-0.2, -0.15) is 13.2 Å². The number of aliphatic hydroxyl groups excluding tert-OH is 1. The lowest BCUT2D eigenvalue weighted by atomic mass is 9.90. The number of pyridine rings is 1. The maximum atomic E-state index is 13.0. The number of nitrogens with one attached hydrogen (secondary N) is 1. The molecule has 2 aliphatic rings. The average molecular weight is 483 g/mol. The van der Waals surface area contributed by atoms with Crippen molar-refractivity contribution < 1.29 is 27.8 Å². The number of alkyl halides is 3. The van der Waals surface area contributed by atoms with E-state index < -0.39 is 23.8 Å². The number of carbonyl (C=O) groups is 1. The number of aryl methyl sites for hydroxylation is 1. The van der Waals surface area contributed by atoms with Crippen LogP contribution < -0.4 is 10.2 Å². The van der Waals surface area contributed by atoms with Gasteiger partial charge in [0.1, 0.15) is 0 Å². The number of aliphatic hydroxyl groups is 1. The van der Waals surface area contributed by atoms with Gasteiger partial charge in [-0.25, -0.2) is 0 Å². The highest BCUT2D eigenvalue weighted by Gasteiger charge is 2.34. The molecule has 6 nitrogen and oxygen atoms in total. The summed E-state index contributed by atoms with van der Waals surface area (Å²) in [6, 6.07) is 12.0. The first-order valence-corrected chi connectivity index (χ1v) is 11.3. The van der Waals surface area contributed by atoms with Gasteiger partial charge >= 0.3 is 6.18 Å². The monoisotopic (exact) mass is 483 g/mol. The van der Waals surface area contributed by atoms with E-state index >= 15 is 0 Å². The largest absolute Gasteiger partial charge is 0.416 e. The summed E-state index contributed by atoms with van der Waals surface area (Å²) in [6.07, 6.45) is -3.01. The predicted octanol–water partition coefficient (Wildman–Crippen LogP) is 4.97. The van der Waals surface area contributed by atoms with Crippen LogP contribution >= 0.6 is 0 Å². The van der Waals surface area contributed by atoms with Crippen LogP contribution in [-0.4, -0.2) is 41.8 Å². The van der Waals surface area contributed by atoms with Crippen molar-refractivity contribution in [2.75, 3.05) is 30.0 Å². The summed E-state index contributed by atoms with van der Waals surface area (Å²) in [5.41, 5.74) is 3.59. The fourth-order valence-electron chi connectivity index (χ4n) is 4.73. The number of rotatable bonds is 3. The topological polar surface area (TPSA) is 74.7 Å². The van der Waals surface area contributed by atoms with Gasteiger partial charge in [-0.3, -0.25) is 9.78 Å². The highest BCUT2D eigenvalue weighted by atomic mass is 19.4. The summed E-state index contributed by atoms with van der Waals surface area (Å²) < 4.78 is 44.7. The lowest BCUT2D eigenvalue weighted by Crippen LogP contribution is -2.49. The number of benzene rings is 2. The van der Waals surface area contributed by atoms with Crippen LogP contribution in [0.2, 0.25) is 0 Å². The third-order valence-corrected chi connectivity index (χ3v) is 6.53. The molecule has 3 aromatic rings. The molecule has 5 rings (SSSR count). The van der Waals surface area contributed by atoms with Crippen molar-refractivity contribution in [1.82, 2.24) is 4.98 Å². The Morgan fingerprint density at radius 3 is 2.83 bits per heavy atom. The van der Waals surface area contributed by atoms with Crippen LogP contribution in [0.5, 0.6) is 0 Å². The number of hydrogen-bond donors (Lipinski definition) is 2. The summed E-state index contributed by atoms with van der Waals surface area (Å²) in [5, 5.41) is 13.3. The van der Waals surface area contributed by atoms with Crippen molar-refractivity contribution in [3.05, 3.63) is 77.1 Å². The zero-order valence-corrected chi connectivity index (χ0v) is 19.0. The zero-order chi connectivity index (χ0) is 24.7. The summed E-state index contributed by atoms with van der Waals surface area (Å²) >= 11 is 0. The van der Waals surface area contributed by atoms with Crippen molar-refractivity contribution in [3.8, 4) is 11.1 Å². The third-order valence-electron chi connectivity index (χ3n) is 6.53.